The van der Waals surface area contributed by atoms with Gasteiger partial charge in [-0.15, -0.1) is 0 Å². The van der Waals surface area contributed by atoms with Crippen LogP contribution in [-0.2, 0) is 26.1 Å². The number of hydrogen-bond acceptors (Lipinski definition) is 5. The van der Waals surface area contributed by atoms with Gasteiger partial charge >= 0.3 is 0 Å². The predicted molar refractivity (Wildman–Crippen MR) is 93.2 cm³/mol. The van der Waals surface area contributed by atoms with Crippen LogP contribution in [-0.4, -0.2) is 51.0 Å². The lowest BCUT2D eigenvalue weighted by atomic mass is 10.1. The standard InChI is InChI=1S/C17H25N3O4S/c18-15-4-3-14(11-15)17(21)19-12-13-1-5-16(6-2-13)25(22,23)20-7-9-24-10-8-20/h1-2,5-6,14-15H,3-4,7-12,18H2,(H,19,21). The first-order valence-electron chi connectivity index (χ1n) is 8.67. The average Bonchev–Trinajstić information content (AvgIpc) is 3.07. The molecule has 0 spiro atoms. The van der Waals surface area contributed by atoms with Crippen molar-refractivity contribution in [1.82, 2.24) is 9.62 Å². The summed E-state index contributed by atoms with van der Waals surface area (Å²) in [4.78, 5) is 12.4. The van der Waals surface area contributed by atoms with Crippen LogP contribution in [0.1, 0.15) is 24.8 Å². The Morgan fingerprint density at radius 3 is 2.48 bits per heavy atom. The van der Waals surface area contributed by atoms with E-state index in [1.165, 1.54) is 4.31 Å². The third kappa shape index (κ3) is 4.38. The molecule has 1 aliphatic heterocycles. The van der Waals surface area contributed by atoms with Crippen molar-refractivity contribution in [3.05, 3.63) is 29.8 Å². The molecule has 2 fully saturated rings. The number of sulfonamides is 1. The summed E-state index contributed by atoms with van der Waals surface area (Å²) in [6.07, 6.45) is 2.47. The summed E-state index contributed by atoms with van der Waals surface area (Å²) in [7, 11) is -3.48. The summed E-state index contributed by atoms with van der Waals surface area (Å²) >= 11 is 0. The van der Waals surface area contributed by atoms with Gasteiger partial charge in [0.25, 0.3) is 0 Å². The molecule has 138 valence electrons. The number of hydrogen-bond donors (Lipinski definition) is 2. The first-order valence-corrected chi connectivity index (χ1v) is 10.1. The van der Waals surface area contributed by atoms with E-state index in [0.717, 1.165) is 24.8 Å². The predicted octanol–water partition coefficient (Wildman–Crippen LogP) is 0.451. The van der Waals surface area contributed by atoms with Crippen molar-refractivity contribution in [3.8, 4) is 0 Å². The highest BCUT2D eigenvalue weighted by Gasteiger charge is 2.28. The quantitative estimate of drug-likeness (QED) is 0.787. The number of nitrogens with one attached hydrogen (secondary N) is 1. The highest BCUT2D eigenvalue weighted by Crippen LogP contribution is 2.24. The molecule has 0 bridgehead atoms. The lowest BCUT2D eigenvalue weighted by molar-refractivity contribution is -0.125. The molecule has 1 aromatic carbocycles. The molecule has 3 N–H and O–H groups in total. The van der Waals surface area contributed by atoms with E-state index < -0.39 is 10.0 Å². The Kier molecular flexibility index (Phi) is 5.73. The Bertz CT molecular complexity index is 699. The molecular formula is C17H25N3O4S. The first-order chi connectivity index (χ1) is 12.0. The summed E-state index contributed by atoms with van der Waals surface area (Å²) < 4.78 is 31.8. The minimum absolute atomic E-state index is 0.00373. The molecule has 8 heteroatoms. The van der Waals surface area contributed by atoms with Gasteiger partial charge in [-0.3, -0.25) is 4.79 Å². The normalized spacial score (nSPS) is 25.0. The van der Waals surface area contributed by atoms with Crippen LogP contribution < -0.4 is 11.1 Å². The average molecular weight is 367 g/mol. The zero-order chi connectivity index (χ0) is 17.9. The number of carbonyl (C=O) groups is 1. The second-order valence-corrected chi connectivity index (χ2v) is 8.59. The van der Waals surface area contributed by atoms with E-state index in [2.05, 4.69) is 5.32 Å². The molecule has 0 radical (unpaired) electrons. The van der Waals surface area contributed by atoms with Crippen LogP contribution in [0.5, 0.6) is 0 Å². The maximum Gasteiger partial charge on any atom is 0.243 e. The molecule has 25 heavy (non-hydrogen) atoms. The van der Waals surface area contributed by atoms with Crippen molar-refractivity contribution in [2.75, 3.05) is 26.3 Å². The van der Waals surface area contributed by atoms with Crippen LogP contribution >= 0.6 is 0 Å². The zero-order valence-corrected chi connectivity index (χ0v) is 15.0. The Labute approximate surface area is 148 Å². The van der Waals surface area contributed by atoms with Gasteiger partial charge in [0.05, 0.1) is 18.1 Å². The number of benzene rings is 1. The van der Waals surface area contributed by atoms with Crippen molar-refractivity contribution in [2.45, 2.75) is 36.7 Å². The van der Waals surface area contributed by atoms with Crippen LogP contribution in [0.15, 0.2) is 29.2 Å². The van der Waals surface area contributed by atoms with E-state index in [0.29, 0.717) is 32.8 Å². The number of nitrogens with zero attached hydrogens (tertiary/aromatic N) is 1. The van der Waals surface area contributed by atoms with Gasteiger partial charge in [-0.1, -0.05) is 12.1 Å². The van der Waals surface area contributed by atoms with Gasteiger partial charge < -0.3 is 15.8 Å². The monoisotopic (exact) mass is 367 g/mol. The number of ether oxygens (including phenoxy) is 1. The molecule has 1 saturated carbocycles. The molecule has 1 aromatic rings. The third-order valence-corrected chi connectivity index (χ3v) is 6.75. The van der Waals surface area contributed by atoms with Crippen molar-refractivity contribution < 1.29 is 17.9 Å². The van der Waals surface area contributed by atoms with E-state index >= 15 is 0 Å². The van der Waals surface area contributed by atoms with Gasteiger partial charge in [-0.25, -0.2) is 8.42 Å². The topological polar surface area (TPSA) is 102 Å². The number of amides is 1. The molecule has 1 saturated heterocycles. The van der Waals surface area contributed by atoms with Crippen LogP contribution in [0.4, 0.5) is 0 Å². The highest BCUT2D eigenvalue weighted by molar-refractivity contribution is 7.89. The molecule has 1 aliphatic carbocycles. The molecule has 7 nitrogen and oxygen atoms in total. The lowest BCUT2D eigenvalue weighted by Gasteiger charge is -2.26. The van der Waals surface area contributed by atoms with E-state index in [1.54, 1.807) is 24.3 Å². The first kappa shape index (κ1) is 18.3. The summed E-state index contributed by atoms with van der Waals surface area (Å²) in [6.45, 7) is 2.00. The molecule has 0 aromatic heterocycles. The van der Waals surface area contributed by atoms with E-state index in [1.807, 2.05) is 0 Å². The molecule has 1 heterocycles. The largest absolute Gasteiger partial charge is 0.379 e. The van der Waals surface area contributed by atoms with E-state index in [4.69, 9.17) is 10.5 Å². The summed E-state index contributed by atoms with van der Waals surface area (Å²) in [5, 5.41) is 2.91. The van der Waals surface area contributed by atoms with Crippen molar-refractivity contribution in [1.29, 1.82) is 0 Å². The zero-order valence-electron chi connectivity index (χ0n) is 14.2. The van der Waals surface area contributed by atoms with Crippen LogP contribution in [0.3, 0.4) is 0 Å². The van der Waals surface area contributed by atoms with E-state index in [-0.39, 0.29) is 22.8 Å². The summed E-state index contributed by atoms with van der Waals surface area (Å²) in [6, 6.07) is 6.80. The highest BCUT2D eigenvalue weighted by atomic mass is 32.2. The van der Waals surface area contributed by atoms with Gasteiger partial charge in [0, 0.05) is 31.6 Å². The number of nitrogens with two attached hydrogens (primary N) is 1. The molecule has 2 unspecified atom stereocenters. The smallest absolute Gasteiger partial charge is 0.243 e. The fourth-order valence-corrected chi connectivity index (χ4v) is 4.71. The van der Waals surface area contributed by atoms with Crippen molar-refractivity contribution >= 4 is 15.9 Å². The fraction of sp³-hybridized carbons (Fsp3) is 0.588. The minimum Gasteiger partial charge on any atom is -0.379 e. The van der Waals surface area contributed by atoms with Crippen LogP contribution in [0, 0.1) is 5.92 Å². The van der Waals surface area contributed by atoms with Gasteiger partial charge in [0.1, 0.15) is 0 Å². The molecule has 2 aliphatic rings. The minimum atomic E-state index is -3.48. The number of carbonyl (C=O) groups excluding carboxylic acids is 1. The maximum absolute atomic E-state index is 12.6. The van der Waals surface area contributed by atoms with Crippen LogP contribution in [0.25, 0.3) is 0 Å². The number of rotatable bonds is 5. The molecule has 3 rings (SSSR count). The Balaban J connectivity index is 1.57. The molecular weight excluding hydrogens is 342 g/mol. The van der Waals surface area contributed by atoms with E-state index in [9.17, 15) is 13.2 Å². The second-order valence-electron chi connectivity index (χ2n) is 6.65. The Hall–Kier alpha value is -1.48. The third-order valence-electron chi connectivity index (χ3n) is 4.84. The summed E-state index contributed by atoms with van der Waals surface area (Å²) in [5.74, 6) is 0.0222. The van der Waals surface area contributed by atoms with Crippen molar-refractivity contribution in [3.63, 3.8) is 0 Å². The fourth-order valence-electron chi connectivity index (χ4n) is 3.30. The van der Waals surface area contributed by atoms with Gasteiger partial charge in [-0.2, -0.15) is 4.31 Å². The number of morpholine rings is 1. The molecule has 2 atom stereocenters. The lowest BCUT2D eigenvalue weighted by Crippen LogP contribution is -2.40. The van der Waals surface area contributed by atoms with Crippen molar-refractivity contribution in [2.24, 2.45) is 11.7 Å². The molecule has 1 amide bonds. The SMILES string of the molecule is NC1CCC(C(=O)NCc2ccc(S(=O)(=O)N3CCOCC3)cc2)C1. The second kappa shape index (κ2) is 7.82. The van der Waals surface area contributed by atoms with Gasteiger partial charge in [-0.05, 0) is 37.0 Å². The Morgan fingerprint density at radius 2 is 1.88 bits per heavy atom. The van der Waals surface area contributed by atoms with Gasteiger partial charge in [0.2, 0.25) is 15.9 Å². The summed E-state index contributed by atoms with van der Waals surface area (Å²) in [5.41, 5.74) is 6.71. The van der Waals surface area contributed by atoms with Crippen LogP contribution in [0.2, 0.25) is 0 Å². The Morgan fingerprint density at radius 1 is 1.20 bits per heavy atom. The van der Waals surface area contributed by atoms with Gasteiger partial charge in [0.15, 0.2) is 0 Å². The maximum atomic E-state index is 12.6.